The number of rotatable bonds is 5. The minimum atomic E-state index is -0.310. The number of aromatic amines is 1. The zero-order chi connectivity index (χ0) is 12.3. The van der Waals surface area contributed by atoms with Crippen LogP contribution in [0, 0.1) is 0 Å². The Labute approximate surface area is 99.9 Å². The summed E-state index contributed by atoms with van der Waals surface area (Å²) in [4.78, 5) is 11.8. The van der Waals surface area contributed by atoms with Gasteiger partial charge in [-0.15, -0.1) is 0 Å². The summed E-state index contributed by atoms with van der Waals surface area (Å²) in [7, 11) is 0. The van der Waals surface area contributed by atoms with Crippen molar-refractivity contribution in [3.05, 3.63) is 18.0 Å². The Kier molecular flexibility index (Phi) is 3.58. The highest BCUT2D eigenvalue weighted by molar-refractivity contribution is 5.71. The Bertz CT molecular complexity index is 493. The third-order valence-electron chi connectivity index (χ3n) is 2.46. The van der Waals surface area contributed by atoms with Crippen molar-refractivity contribution in [2.75, 3.05) is 6.61 Å². The van der Waals surface area contributed by atoms with E-state index in [-0.39, 0.29) is 6.10 Å². The first-order valence-corrected chi connectivity index (χ1v) is 5.85. The molecule has 2 heterocycles. The van der Waals surface area contributed by atoms with Crippen molar-refractivity contribution in [2.45, 2.75) is 32.8 Å². The molecule has 1 unspecified atom stereocenters. The van der Waals surface area contributed by atoms with E-state index >= 15 is 0 Å². The van der Waals surface area contributed by atoms with Gasteiger partial charge in [0.25, 0.3) is 0 Å². The number of nitrogens with one attached hydrogen (secondary N) is 1. The summed E-state index contributed by atoms with van der Waals surface area (Å²) < 4.78 is 5.32. The molecule has 2 rings (SSSR count). The average Bonchev–Trinajstić information content (AvgIpc) is 2.69. The molecule has 0 aliphatic rings. The molecular weight excluding hydrogens is 218 g/mol. The van der Waals surface area contributed by atoms with Crippen LogP contribution in [0.2, 0.25) is 0 Å². The molecular formula is C12H17N3O2. The fraction of sp³-hybridized carbons (Fsp3) is 0.500. The Morgan fingerprint density at radius 3 is 2.94 bits per heavy atom. The Balaban J connectivity index is 2.18. The van der Waals surface area contributed by atoms with E-state index in [2.05, 4.69) is 15.0 Å². The van der Waals surface area contributed by atoms with E-state index in [9.17, 15) is 5.11 Å². The molecule has 0 fully saturated rings. The van der Waals surface area contributed by atoms with Gasteiger partial charge in [-0.1, -0.05) is 0 Å². The lowest BCUT2D eigenvalue weighted by Crippen LogP contribution is -2.02. The van der Waals surface area contributed by atoms with E-state index in [1.165, 1.54) is 0 Å². The van der Waals surface area contributed by atoms with Crippen LogP contribution in [-0.2, 0) is 6.42 Å². The molecule has 17 heavy (non-hydrogen) atoms. The number of pyridine rings is 1. The van der Waals surface area contributed by atoms with Crippen LogP contribution in [0.15, 0.2) is 12.1 Å². The van der Waals surface area contributed by atoms with E-state index in [0.717, 1.165) is 17.8 Å². The lowest BCUT2D eigenvalue weighted by atomic mass is 10.2. The minimum absolute atomic E-state index is 0.310. The fourth-order valence-corrected chi connectivity index (χ4v) is 1.62. The lowest BCUT2D eigenvalue weighted by molar-refractivity contribution is 0.184. The summed E-state index contributed by atoms with van der Waals surface area (Å²) in [5.74, 6) is 1.44. The van der Waals surface area contributed by atoms with Crippen LogP contribution in [0.1, 0.15) is 26.1 Å². The number of fused-ring (bicyclic) bond motifs is 1. The Hall–Kier alpha value is -1.62. The smallest absolute Gasteiger partial charge is 0.215 e. The molecule has 0 aliphatic heterocycles. The van der Waals surface area contributed by atoms with Crippen LogP contribution < -0.4 is 4.74 Å². The Morgan fingerprint density at radius 1 is 1.41 bits per heavy atom. The van der Waals surface area contributed by atoms with Crippen molar-refractivity contribution in [3.63, 3.8) is 0 Å². The zero-order valence-corrected chi connectivity index (χ0v) is 10.1. The van der Waals surface area contributed by atoms with Gasteiger partial charge < -0.3 is 14.8 Å². The van der Waals surface area contributed by atoms with E-state index in [4.69, 9.17) is 4.74 Å². The standard InChI is InChI=1S/C12H17N3O2/c1-3-17-11-7-5-9-12(15-11)14-10(13-9)6-4-8(2)16/h5,7-8,16H,3-4,6H2,1-2H3,(H,13,14,15). The van der Waals surface area contributed by atoms with E-state index in [0.29, 0.717) is 24.6 Å². The average molecular weight is 235 g/mol. The summed E-state index contributed by atoms with van der Waals surface area (Å²) >= 11 is 0. The molecule has 0 spiro atoms. The first-order chi connectivity index (χ1) is 8.19. The number of H-pyrrole nitrogens is 1. The number of imidazole rings is 1. The normalized spacial score (nSPS) is 12.9. The molecule has 0 radical (unpaired) electrons. The van der Waals surface area contributed by atoms with Crippen LogP contribution in [0.4, 0.5) is 0 Å². The van der Waals surface area contributed by atoms with Gasteiger partial charge in [0.05, 0.1) is 18.2 Å². The largest absolute Gasteiger partial charge is 0.478 e. The maximum absolute atomic E-state index is 9.23. The van der Waals surface area contributed by atoms with Gasteiger partial charge in [0.15, 0.2) is 5.65 Å². The van der Waals surface area contributed by atoms with Crippen LogP contribution in [0.5, 0.6) is 5.88 Å². The van der Waals surface area contributed by atoms with Crippen molar-refractivity contribution >= 4 is 11.2 Å². The maximum atomic E-state index is 9.23. The molecule has 0 amide bonds. The van der Waals surface area contributed by atoms with Gasteiger partial charge in [-0.2, -0.15) is 4.98 Å². The summed E-state index contributed by atoms with van der Waals surface area (Å²) in [6, 6.07) is 3.73. The monoisotopic (exact) mass is 235 g/mol. The molecule has 5 nitrogen and oxygen atoms in total. The number of nitrogens with zero attached hydrogens (tertiary/aromatic N) is 2. The SMILES string of the molecule is CCOc1ccc2[nH]c(CCC(C)O)nc2n1. The lowest BCUT2D eigenvalue weighted by Gasteiger charge is -1.99. The number of aliphatic hydroxyl groups excluding tert-OH is 1. The maximum Gasteiger partial charge on any atom is 0.215 e. The van der Waals surface area contributed by atoms with Gasteiger partial charge in [0.2, 0.25) is 5.88 Å². The quantitative estimate of drug-likeness (QED) is 0.827. The second kappa shape index (κ2) is 5.14. The second-order valence-electron chi connectivity index (χ2n) is 4.02. The first-order valence-electron chi connectivity index (χ1n) is 5.85. The molecule has 1 atom stereocenters. The predicted molar refractivity (Wildman–Crippen MR) is 65.1 cm³/mol. The van der Waals surface area contributed by atoms with Crippen molar-refractivity contribution in [1.82, 2.24) is 15.0 Å². The highest BCUT2D eigenvalue weighted by Crippen LogP contribution is 2.15. The third-order valence-corrected chi connectivity index (χ3v) is 2.46. The van der Waals surface area contributed by atoms with Crippen molar-refractivity contribution < 1.29 is 9.84 Å². The van der Waals surface area contributed by atoms with Crippen molar-refractivity contribution in [2.24, 2.45) is 0 Å². The number of aryl methyl sites for hydroxylation is 1. The van der Waals surface area contributed by atoms with Gasteiger partial charge in [-0.05, 0) is 26.3 Å². The molecule has 0 aliphatic carbocycles. The number of aromatic nitrogens is 3. The molecule has 0 saturated heterocycles. The van der Waals surface area contributed by atoms with Gasteiger partial charge >= 0.3 is 0 Å². The number of ether oxygens (including phenoxy) is 1. The second-order valence-corrected chi connectivity index (χ2v) is 4.02. The number of hydrogen-bond acceptors (Lipinski definition) is 4. The fourth-order valence-electron chi connectivity index (χ4n) is 1.62. The van der Waals surface area contributed by atoms with Crippen LogP contribution in [-0.4, -0.2) is 32.8 Å². The predicted octanol–water partition coefficient (Wildman–Crippen LogP) is 1.67. The van der Waals surface area contributed by atoms with Gasteiger partial charge in [0.1, 0.15) is 5.82 Å². The first kappa shape index (κ1) is 11.9. The van der Waals surface area contributed by atoms with Crippen LogP contribution in [0.25, 0.3) is 11.2 Å². The molecule has 2 N–H and O–H groups in total. The molecule has 0 saturated carbocycles. The number of aliphatic hydroxyl groups is 1. The van der Waals surface area contributed by atoms with Crippen LogP contribution in [0.3, 0.4) is 0 Å². The third kappa shape index (κ3) is 2.94. The highest BCUT2D eigenvalue weighted by atomic mass is 16.5. The summed E-state index contributed by atoms with van der Waals surface area (Å²) in [5, 5.41) is 9.23. The molecule has 0 aromatic carbocycles. The number of hydrogen-bond donors (Lipinski definition) is 2. The summed E-state index contributed by atoms with van der Waals surface area (Å²) in [5.41, 5.74) is 1.56. The summed E-state index contributed by atoms with van der Waals surface area (Å²) in [6.07, 6.45) is 1.10. The molecule has 0 bridgehead atoms. The van der Waals surface area contributed by atoms with Gasteiger partial charge in [-0.3, -0.25) is 0 Å². The van der Waals surface area contributed by atoms with E-state index in [1.807, 2.05) is 19.1 Å². The van der Waals surface area contributed by atoms with E-state index in [1.54, 1.807) is 6.92 Å². The molecule has 2 aromatic heterocycles. The topological polar surface area (TPSA) is 71.0 Å². The molecule has 2 aromatic rings. The summed E-state index contributed by atoms with van der Waals surface area (Å²) in [6.45, 7) is 4.29. The van der Waals surface area contributed by atoms with Gasteiger partial charge in [-0.25, -0.2) is 4.98 Å². The molecule has 5 heteroatoms. The van der Waals surface area contributed by atoms with Crippen molar-refractivity contribution in [1.29, 1.82) is 0 Å². The van der Waals surface area contributed by atoms with E-state index < -0.39 is 0 Å². The molecule has 92 valence electrons. The zero-order valence-electron chi connectivity index (χ0n) is 10.1. The van der Waals surface area contributed by atoms with Crippen molar-refractivity contribution in [3.8, 4) is 5.88 Å². The highest BCUT2D eigenvalue weighted by Gasteiger charge is 2.06. The Morgan fingerprint density at radius 2 is 2.24 bits per heavy atom. The van der Waals surface area contributed by atoms with Crippen LogP contribution >= 0.6 is 0 Å². The van der Waals surface area contributed by atoms with Gasteiger partial charge in [0, 0.05) is 12.5 Å². The minimum Gasteiger partial charge on any atom is -0.478 e.